The number of sulfonamides is 1. The average molecular weight is 629 g/mol. The van der Waals surface area contributed by atoms with Gasteiger partial charge < -0.3 is 19.7 Å². The molecule has 0 aliphatic carbocycles. The number of carbonyl (C=O) groups is 2. The molecule has 1 N–H and O–H groups in total. The third-order valence-corrected chi connectivity index (χ3v) is 8.71. The Morgan fingerprint density at radius 2 is 1.52 bits per heavy atom. The van der Waals surface area contributed by atoms with Gasteiger partial charge in [-0.3, -0.25) is 13.9 Å². The van der Waals surface area contributed by atoms with Crippen LogP contribution in [-0.4, -0.2) is 59.0 Å². The fourth-order valence-corrected chi connectivity index (χ4v) is 5.89. The lowest BCUT2D eigenvalue weighted by Gasteiger charge is -2.32. The molecule has 0 saturated heterocycles. The number of benzene rings is 3. The van der Waals surface area contributed by atoms with E-state index in [1.165, 1.54) is 81.6 Å². The van der Waals surface area contributed by atoms with Crippen LogP contribution in [-0.2, 0) is 26.2 Å². The van der Waals surface area contributed by atoms with Gasteiger partial charge in [-0.05, 0) is 61.0 Å². The predicted octanol–water partition coefficient (Wildman–Crippen LogP) is 5.02. The van der Waals surface area contributed by atoms with Crippen molar-refractivity contribution in [2.45, 2.75) is 24.4 Å². The molecule has 3 aromatic rings. The van der Waals surface area contributed by atoms with Gasteiger partial charge in [0.05, 0.1) is 24.8 Å². The van der Waals surface area contributed by atoms with Gasteiger partial charge in [-0.25, -0.2) is 8.42 Å². The Morgan fingerprint density at radius 1 is 0.900 bits per heavy atom. The topological polar surface area (TPSA) is 105 Å². The second-order valence-corrected chi connectivity index (χ2v) is 11.7. The molecule has 40 heavy (non-hydrogen) atoms. The Morgan fingerprint density at radius 3 is 2.10 bits per heavy atom. The van der Waals surface area contributed by atoms with Gasteiger partial charge in [-0.1, -0.05) is 40.9 Å². The number of ether oxygens (including phenoxy) is 2. The molecule has 0 aliphatic rings. The van der Waals surface area contributed by atoms with E-state index < -0.39 is 34.4 Å². The normalized spacial score (nSPS) is 11.9. The van der Waals surface area contributed by atoms with Crippen LogP contribution in [0.15, 0.2) is 65.6 Å². The SMILES string of the molecule is CNC(=O)C(C)N(Cc1ccc(Cl)cc1Cl)C(=O)CN(c1ccc(Cl)cc1)S(=O)(=O)c1ccc(OC)c(OC)c1. The molecule has 0 fully saturated rings. The van der Waals surface area contributed by atoms with Crippen LogP contribution >= 0.6 is 34.8 Å². The molecular formula is C27H28Cl3N3O6S. The lowest BCUT2D eigenvalue weighted by atomic mass is 10.1. The number of nitrogens with one attached hydrogen (secondary N) is 1. The molecule has 1 atom stereocenters. The first-order chi connectivity index (χ1) is 18.9. The molecule has 0 bridgehead atoms. The van der Waals surface area contributed by atoms with Gasteiger partial charge in [0.25, 0.3) is 10.0 Å². The number of methoxy groups -OCH3 is 2. The summed E-state index contributed by atoms with van der Waals surface area (Å²) in [5.74, 6) is -0.570. The summed E-state index contributed by atoms with van der Waals surface area (Å²) >= 11 is 18.4. The summed E-state index contributed by atoms with van der Waals surface area (Å²) in [4.78, 5) is 27.5. The number of carbonyl (C=O) groups excluding carboxylic acids is 2. The zero-order valence-electron chi connectivity index (χ0n) is 22.2. The molecule has 9 nitrogen and oxygen atoms in total. The summed E-state index contributed by atoms with van der Waals surface area (Å²) in [5.41, 5.74) is 0.709. The molecule has 1 unspecified atom stereocenters. The lowest BCUT2D eigenvalue weighted by Crippen LogP contribution is -2.50. The zero-order chi connectivity index (χ0) is 29.6. The Kier molecular flexibility index (Phi) is 10.5. The quantitative estimate of drug-likeness (QED) is 0.320. The third-order valence-electron chi connectivity index (χ3n) is 6.11. The van der Waals surface area contributed by atoms with Crippen molar-refractivity contribution in [1.82, 2.24) is 10.2 Å². The van der Waals surface area contributed by atoms with Crippen LogP contribution in [0.4, 0.5) is 5.69 Å². The molecule has 3 rings (SSSR count). The van der Waals surface area contributed by atoms with Gasteiger partial charge >= 0.3 is 0 Å². The number of nitrogens with zero attached hydrogens (tertiary/aromatic N) is 2. The summed E-state index contributed by atoms with van der Waals surface area (Å²) in [7, 11) is -0.0714. The first kappa shape index (κ1) is 31.3. The minimum Gasteiger partial charge on any atom is -0.493 e. The number of rotatable bonds is 11. The minimum absolute atomic E-state index is 0.0751. The highest BCUT2D eigenvalue weighted by molar-refractivity contribution is 7.92. The standard InChI is InChI=1S/C27H28Cl3N3O6S/c1-17(27(35)31-2)32(15-18-5-6-20(29)13-23(18)30)26(34)16-33(21-9-7-19(28)8-10-21)40(36,37)22-11-12-24(38-3)25(14-22)39-4/h5-14,17H,15-16H2,1-4H3,(H,31,35). The first-order valence-corrected chi connectivity index (χ1v) is 14.5. The Bertz CT molecular complexity index is 1490. The van der Waals surface area contributed by atoms with Crippen molar-refractivity contribution in [3.05, 3.63) is 81.3 Å². The molecule has 13 heteroatoms. The van der Waals surface area contributed by atoms with Gasteiger partial charge in [-0.2, -0.15) is 0 Å². The van der Waals surface area contributed by atoms with Crippen molar-refractivity contribution in [3.8, 4) is 11.5 Å². The van der Waals surface area contributed by atoms with Crippen molar-refractivity contribution < 1.29 is 27.5 Å². The highest BCUT2D eigenvalue weighted by Gasteiger charge is 2.33. The number of amides is 2. The maximum Gasteiger partial charge on any atom is 0.264 e. The van der Waals surface area contributed by atoms with E-state index in [1.54, 1.807) is 12.1 Å². The Labute approximate surface area is 248 Å². The van der Waals surface area contributed by atoms with Gasteiger partial charge in [0.15, 0.2) is 11.5 Å². The lowest BCUT2D eigenvalue weighted by molar-refractivity contribution is -0.139. The van der Waals surface area contributed by atoms with Crippen molar-refractivity contribution in [2.75, 3.05) is 32.1 Å². The van der Waals surface area contributed by atoms with E-state index in [2.05, 4.69) is 5.32 Å². The number of likely N-dealkylation sites (N-methyl/N-ethyl adjacent to an activating group) is 1. The minimum atomic E-state index is -4.33. The molecular weight excluding hydrogens is 601 g/mol. The van der Waals surface area contributed by atoms with Crippen molar-refractivity contribution in [3.63, 3.8) is 0 Å². The number of anilines is 1. The molecule has 0 aliphatic heterocycles. The zero-order valence-corrected chi connectivity index (χ0v) is 25.2. The van der Waals surface area contributed by atoms with Crippen LogP contribution in [0.1, 0.15) is 12.5 Å². The summed E-state index contributed by atoms with van der Waals surface area (Å²) in [6.07, 6.45) is 0. The summed E-state index contributed by atoms with van der Waals surface area (Å²) < 4.78 is 39.4. The van der Waals surface area contributed by atoms with E-state index in [-0.39, 0.29) is 22.9 Å². The Balaban J connectivity index is 2.08. The fourth-order valence-electron chi connectivity index (χ4n) is 3.87. The smallest absolute Gasteiger partial charge is 0.264 e. The first-order valence-electron chi connectivity index (χ1n) is 11.9. The van der Waals surface area contributed by atoms with E-state index in [1.807, 2.05) is 0 Å². The van der Waals surface area contributed by atoms with Gasteiger partial charge in [0, 0.05) is 34.7 Å². The van der Waals surface area contributed by atoms with Crippen molar-refractivity contribution in [2.24, 2.45) is 0 Å². The number of hydrogen-bond donors (Lipinski definition) is 1. The van der Waals surface area contributed by atoms with Gasteiger partial charge in [0.2, 0.25) is 11.8 Å². The van der Waals surface area contributed by atoms with Crippen LogP contribution in [0.3, 0.4) is 0 Å². The highest BCUT2D eigenvalue weighted by atomic mass is 35.5. The maximum atomic E-state index is 14.0. The molecule has 0 spiro atoms. The molecule has 0 saturated carbocycles. The molecule has 2 amide bonds. The molecule has 0 radical (unpaired) electrons. The summed E-state index contributed by atoms with van der Waals surface area (Å²) in [6.45, 7) is 0.829. The van der Waals surface area contributed by atoms with Crippen LogP contribution in [0, 0.1) is 0 Å². The molecule has 3 aromatic carbocycles. The summed E-state index contributed by atoms with van der Waals surface area (Å²) in [5, 5.41) is 3.60. The molecule has 0 heterocycles. The average Bonchev–Trinajstić information content (AvgIpc) is 2.94. The fraction of sp³-hybridized carbons (Fsp3) is 0.259. The largest absolute Gasteiger partial charge is 0.493 e. The second-order valence-electron chi connectivity index (χ2n) is 8.55. The van der Waals surface area contributed by atoms with Crippen LogP contribution in [0.25, 0.3) is 0 Å². The number of halogens is 3. The number of hydrogen-bond acceptors (Lipinski definition) is 6. The van der Waals surface area contributed by atoms with Crippen LogP contribution in [0.5, 0.6) is 11.5 Å². The molecule has 214 valence electrons. The van der Waals surface area contributed by atoms with E-state index in [9.17, 15) is 18.0 Å². The highest BCUT2D eigenvalue weighted by Crippen LogP contribution is 2.33. The van der Waals surface area contributed by atoms with Gasteiger partial charge in [0.1, 0.15) is 12.6 Å². The third kappa shape index (κ3) is 7.11. The second kappa shape index (κ2) is 13.5. The van der Waals surface area contributed by atoms with E-state index in [0.717, 1.165) is 4.31 Å². The van der Waals surface area contributed by atoms with Crippen LogP contribution < -0.4 is 19.1 Å². The van der Waals surface area contributed by atoms with E-state index >= 15 is 0 Å². The monoisotopic (exact) mass is 627 g/mol. The Hall–Kier alpha value is -3.18. The molecule has 0 aromatic heterocycles. The van der Waals surface area contributed by atoms with E-state index in [4.69, 9.17) is 44.3 Å². The van der Waals surface area contributed by atoms with Crippen LogP contribution in [0.2, 0.25) is 15.1 Å². The predicted molar refractivity (Wildman–Crippen MR) is 156 cm³/mol. The van der Waals surface area contributed by atoms with E-state index in [0.29, 0.717) is 26.4 Å². The van der Waals surface area contributed by atoms with Crippen molar-refractivity contribution >= 4 is 62.3 Å². The summed E-state index contributed by atoms with van der Waals surface area (Å²) in [6, 6.07) is 13.9. The maximum absolute atomic E-state index is 14.0. The van der Waals surface area contributed by atoms with Gasteiger partial charge in [-0.15, -0.1) is 0 Å². The van der Waals surface area contributed by atoms with Crippen molar-refractivity contribution in [1.29, 1.82) is 0 Å².